The van der Waals surface area contributed by atoms with E-state index in [-0.39, 0.29) is 11.5 Å². The van der Waals surface area contributed by atoms with E-state index in [0.29, 0.717) is 22.7 Å². The average molecular weight is 511 g/mol. The molecule has 4 rings (SSSR count). The number of sulfone groups is 1. The van der Waals surface area contributed by atoms with E-state index in [9.17, 15) is 18.6 Å². The Morgan fingerprint density at radius 3 is 2.23 bits per heavy atom. The number of rotatable bonds is 7. The van der Waals surface area contributed by atoms with Crippen LogP contribution in [0.2, 0.25) is 5.02 Å². The van der Waals surface area contributed by atoms with Gasteiger partial charge in [0.15, 0.2) is 9.84 Å². The molecule has 0 saturated heterocycles. The molecule has 6 nitrogen and oxygen atoms in total. The quantitative estimate of drug-likeness (QED) is 0.368. The lowest BCUT2D eigenvalue weighted by molar-refractivity contribution is 0.0741. The fourth-order valence-corrected chi connectivity index (χ4v) is 5.05. The second-order valence-corrected chi connectivity index (χ2v) is 11.4. The summed E-state index contributed by atoms with van der Waals surface area (Å²) < 4.78 is 26.3. The van der Waals surface area contributed by atoms with Crippen LogP contribution in [0.5, 0.6) is 0 Å². The topological polar surface area (TPSA) is 92.4 Å². The molecule has 0 unspecified atom stereocenters. The lowest BCUT2D eigenvalue weighted by Crippen LogP contribution is -2.15. The summed E-state index contributed by atoms with van der Waals surface area (Å²) in [5.41, 5.74) is 3.13. The highest BCUT2D eigenvalue weighted by atomic mass is 35.5. The second-order valence-electron chi connectivity index (χ2n) is 9.04. The van der Waals surface area contributed by atoms with Gasteiger partial charge in [-0.1, -0.05) is 54.1 Å². The van der Waals surface area contributed by atoms with Gasteiger partial charge in [-0.15, -0.1) is 0 Å². The Kier molecular flexibility index (Phi) is 6.88. The second kappa shape index (κ2) is 9.59. The van der Waals surface area contributed by atoms with Crippen molar-refractivity contribution in [3.63, 3.8) is 0 Å². The number of halogens is 1. The number of aromatic nitrogens is 2. The van der Waals surface area contributed by atoms with Crippen LogP contribution in [0.1, 0.15) is 36.5 Å². The van der Waals surface area contributed by atoms with Crippen LogP contribution in [-0.2, 0) is 28.5 Å². The van der Waals surface area contributed by atoms with Crippen molar-refractivity contribution in [1.82, 2.24) is 9.55 Å². The highest BCUT2D eigenvalue weighted by molar-refractivity contribution is 7.90. The fourth-order valence-electron chi connectivity index (χ4n) is 3.90. The minimum atomic E-state index is -3.48. The molecule has 0 saturated carbocycles. The first kappa shape index (κ1) is 25.1. The predicted octanol–water partition coefficient (Wildman–Crippen LogP) is 4.91. The van der Waals surface area contributed by atoms with Gasteiger partial charge in [0.25, 0.3) is 0 Å². The zero-order chi connectivity index (χ0) is 25.4. The summed E-state index contributed by atoms with van der Waals surface area (Å²) in [6.07, 6.45) is 3.44. The Bertz CT molecular complexity index is 1470. The molecule has 0 fully saturated rings. The zero-order valence-corrected chi connectivity index (χ0v) is 21.3. The third kappa shape index (κ3) is 5.49. The first-order valence-corrected chi connectivity index (χ1v) is 13.3. The van der Waals surface area contributed by atoms with E-state index in [1.165, 1.54) is 0 Å². The number of hydrogen-bond donors (Lipinski definition) is 2. The summed E-state index contributed by atoms with van der Waals surface area (Å²) in [6, 6.07) is 20.2. The van der Waals surface area contributed by atoms with Gasteiger partial charge in [0, 0.05) is 29.6 Å². The van der Waals surface area contributed by atoms with E-state index in [4.69, 9.17) is 16.6 Å². The molecule has 8 heteroatoms. The van der Waals surface area contributed by atoms with Gasteiger partial charge in [-0.05, 0) is 60.4 Å². The molecule has 0 atom stereocenters. The van der Waals surface area contributed by atoms with E-state index >= 15 is 0 Å². The SMILES string of the molecule is CC(C)(O)c1cn(-c2ccc(-c3ccc(CO)c(S(C)(=O)=O)c3)cc2)c(Cc2ccccc2Cl)n1. The number of nitrogens with zero attached hydrogens (tertiary/aromatic N) is 2. The summed E-state index contributed by atoms with van der Waals surface area (Å²) in [6.45, 7) is 3.04. The van der Waals surface area contributed by atoms with Crippen LogP contribution in [0.15, 0.2) is 77.8 Å². The number of aliphatic hydroxyl groups excluding tert-OH is 1. The van der Waals surface area contributed by atoms with Crippen molar-refractivity contribution in [2.75, 3.05) is 6.26 Å². The minimum Gasteiger partial charge on any atom is -0.392 e. The van der Waals surface area contributed by atoms with E-state index in [1.54, 1.807) is 32.0 Å². The maximum absolute atomic E-state index is 12.2. The molecule has 0 spiro atoms. The van der Waals surface area contributed by atoms with Gasteiger partial charge >= 0.3 is 0 Å². The van der Waals surface area contributed by atoms with E-state index in [1.807, 2.05) is 59.3 Å². The van der Waals surface area contributed by atoms with Crippen molar-refractivity contribution in [2.45, 2.75) is 37.4 Å². The molecule has 2 N–H and O–H groups in total. The molecule has 3 aromatic carbocycles. The molecule has 35 heavy (non-hydrogen) atoms. The normalized spacial score (nSPS) is 12.2. The Morgan fingerprint density at radius 1 is 0.971 bits per heavy atom. The summed E-state index contributed by atoms with van der Waals surface area (Å²) in [7, 11) is -3.48. The Hall–Kier alpha value is -2.97. The molecule has 182 valence electrons. The number of benzene rings is 3. The van der Waals surface area contributed by atoms with Gasteiger partial charge in [0.2, 0.25) is 0 Å². The van der Waals surface area contributed by atoms with Gasteiger partial charge in [-0.25, -0.2) is 13.4 Å². The number of hydrogen-bond acceptors (Lipinski definition) is 5. The van der Waals surface area contributed by atoms with E-state index in [2.05, 4.69) is 0 Å². The number of aliphatic hydroxyl groups is 2. The molecule has 0 aliphatic heterocycles. The molecule has 4 aromatic rings. The molecule has 0 aliphatic carbocycles. The third-order valence-corrected chi connectivity index (χ3v) is 7.38. The monoisotopic (exact) mass is 510 g/mol. The van der Waals surface area contributed by atoms with Crippen LogP contribution >= 0.6 is 11.6 Å². The molecule has 1 heterocycles. The van der Waals surface area contributed by atoms with E-state index in [0.717, 1.165) is 34.5 Å². The number of imidazole rings is 1. The highest BCUT2D eigenvalue weighted by Gasteiger charge is 2.23. The van der Waals surface area contributed by atoms with Crippen molar-refractivity contribution in [1.29, 1.82) is 0 Å². The summed E-state index contributed by atoms with van der Waals surface area (Å²) in [5.74, 6) is 0.731. The largest absolute Gasteiger partial charge is 0.392 e. The lowest BCUT2D eigenvalue weighted by atomic mass is 10.0. The third-order valence-electron chi connectivity index (χ3n) is 5.83. The van der Waals surface area contributed by atoms with Crippen LogP contribution in [0.3, 0.4) is 0 Å². The fraction of sp³-hybridized carbons (Fsp3) is 0.222. The summed E-state index contributed by atoms with van der Waals surface area (Å²) in [5, 5.41) is 20.7. The summed E-state index contributed by atoms with van der Waals surface area (Å²) >= 11 is 6.38. The van der Waals surface area contributed by atoms with Crippen LogP contribution in [-0.4, -0.2) is 34.4 Å². The standard InChI is InChI=1S/C27H27ClN2O4S/c1-27(2,32)25-16-30(26(29-25)15-20-6-4-5-7-23(20)28)22-12-10-18(11-13-22)19-8-9-21(17-31)24(14-19)35(3,33)34/h4-14,16,31-32H,15,17H2,1-3H3. The first-order valence-electron chi connectivity index (χ1n) is 11.1. The molecule has 0 bridgehead atoms. The predicted molar refractivity (Wildman–Crippen MR) is 138 cm³/mol. The van der Waals surface area contributed by atoms with Gasteiger partial charge in [-0.3, -0.25) is 0 Å². The van der Waals surface area contributed by atoms with Gasteiger partial charge in [0.05, 0.1) is 17.2 Å². The first-order chi connectivity index (χ1) is 16.5. The molecule has 0 amide bonds. The van der Waals surface area contributed by atoms with Crippen molar-refractivity contribution in [2.24, 2.45) is 0 Å². The smallest absolute Gasteiger partial charge is 0.175 e. The van der Waals surface area contributed by atoms with Crippen LogP contribution in [0.4, 0.5) is 0 Å². The Labute approximate surface area is 210 Å². The van der Waals surface area contributed by atoms with Crippen LogP contribution in [0, 0.1) is 0 Å². The maximum Gasteiger partial charge on any atom is 0.175 e. The van der Waals surface area contributed by atoms with Crippen LogP contribution < -0.4 is 0 Å². The molecule has 0 aliphatic rings. The average Bonchev–Trinajstić information content (AvgIpc) is 3.24. The summed E-state index contributed by atoms with van der Waals surface area (Å²) in [4.78, 5) is 4.82. The molecule has 0 radical (unpaired) electrons. The molecular formula is C27H27ClN2O4S. The highest BCUT2D eigenvalue weighted by Crippen LogP contribution is 2.29. The van der Waals surface area contributed by atoms with Crippen molar-refractivity contribution in [3.8, 4) is 16.8 Å². The molecular weight excluding hydrogens is 484 g/mol. The van der Waals surface area contributed by atoms with Gasteiger partial charge in [0.1, 0.15) is 11.4 Å². The molecule has 1 aromatic heterocycles. The van der Waals surface area contributed by atoms with Crippen molar-refractivity contribution in [3.05, 3.63) is 101 Å². The van der Waals surface area contributed by atoms with Gasteiger partial charge in [-0.2, -0.15) is 0 Å². The zero-order valence-electron chi connectivity index (χ0n) is 19.7. The lowest BCUT2D eigenvalue weighted by Gasteiger charge is -2.13. The Balaban J connectivity index is 1.74. The van der Waals surface area contributed by atoms with E-state index < -0.39 is 15.4 Å². The van der Waals surface area contributed by atoms with Crippen molar-refractivity contribution >= 4 is 21.4 Å². The van der Waals surface area contributed by atoms with Crippen LogP contribution in [0.25, 0.3) is 16.8 Å². The maximum atomic E-state index is 12.2. The van der Waals surface area contributed by atoms with Gasteiger partial charge < -0.3 is 14.8 Å². The minimum absolute atomic E-state index is 0.119. The van der Waals surface area contributed by atoms with Crippen molar-refractivity contribution < 1.29 is 18.6 Å². The Morgan fingerprint density at radius 2 is 1.63 bits per heavy atom.